The van der Waals surface area contributed by atoms with E-state index in [1.807, 2.05) is 0 Å². The van der Waals surface area contributed by atoms with Crippen LogP contribution in [0.2, 0.25) is 0 Å². The molecule has 2 amide bonds. The zero-order chi connectivity index (χ0) is 24.1. The van der Waals surface area contributed by atoms with Crippen LogP contribution in [-0.2, 0) is 4.79 Å². The van der Waals surface area contributed by atoms with Crippen molar-refractivity contribution >= 4 is 34.3 Å². The molecule has 1 N–H and O–H groups in total. The number of hydrogen-bond donors (Lipinski definition) is 1. The minimum Gasteiger partial charge on any atom is -0.406 e. The second kappa shape index (κ2) is 9.96. The number of Topliss-reactive ketones (excluding diaryl/α,β-unsaturated/α-hetero) is 1. The predicted octanol–water partition coefficient (Wildman–Crippen LogP) is 5.63. The number of urea groups is 1. The number of allylic oxidation sites excluding steroid dienone is 1. The molecule has 2 heterocycles. The number of nitrogens with one attached hydrogen (secondary N) is 1. The van der Waals surface area contributed by atoms with Crippen LogP contribution in [-0.4, -0.2) is 38.5 Å². The molecule has 34 heavy (non-hydrogen) atoms. The van der Waals surface area contributed by atoms with Crippen LogP contribution in [0.5, 0.6) is 5.75 Å². The van der Waals surface area contributed by atoms with Gasteiger partial charge in [0.25, 0.3) is 0 Å². The van der Waals surface area contributed by atoms with Crippen molar-refractivity contribution in [3.63, 3.8) is 0 Å². The molecule has 7 nitrogen and oxygen atoms in total. The number of imidazole rings is 1. The fourth-order valence-electron chi connectivity index (χ4n) is 3.03. The summed E-state index contributed by atoms with van der Waals surface area (Å²) in [5.74, 6) is 0.0604. The van der Waals surface area contributed by atoms with Crippen LogP contribution in [0, 0.1) is 0 Å². The van der Waals surface area contributed by atoms with Gasteiger partial charge in [-0.15, -0.1) is 13.2 Å². The lowest BCUT2D eigenvalue weighted by Crippen LogP contribution is -2.17. The highest BCUT2D eigenvalue weighted by Crippen LogP contribution is 2.25. The van der Waals surface area contributed by atoms with E-state index < -0.39 is 12.4 Å². The molecule has 0 radical (unpaired) electrons. The van der Waals surface area contributed by atoms with Crippen molar-refractivity contribution in [2.45, 2.75) is 12.8 Å². The van der Waals surface area contributed by atoms with E-state index in [4.69, 9.17) is 0 Å². The Hall–Kier alpha value is -3.86. The Morgan fingerprint density at radius 3 is 2.56 bits per heavy atom. The van der Waals surface area contributed by atoms with Gasteiger partial charge < -0.3 is 14.6 Å². The molecule has 0 atom stereocenters. The first-order chi connectivity index (χ1) is 16.2. The van der Waals surface area contributed by atoms with Crippen molar-refractivity contribution in [1.29, 1.82) is 0 Å². The summed E-state index contributed by atoms with van der Waals surface area (Å²) in [6.45, 7) is 0. The van der Waals surface area contributed by atoms with Gasteiger partial charge in [0.15, 0.2) is 0 Å². The molecule has 4 rings (SSSR count). The molecule has 0 fully saturated rings. The van der Waals surface area contributed by atoms with Crippen LogP contribution in [0.4, 0.5) is 23.7 Å². The van der Waals surface area contributed by atoms with Gasteiger partial charge in [0.05, 0.1) is 17.8 Å². The van der Waals surface area contributed by atoms with Crippen molar-refractivity contribution in [2.75, 3.05) is 11.1 Å². The van der Waals surface area contributed by atoms with Gasteiger partial charge in [-0.25, -0.2) is 9.78 Å². The number of aliphatic imine (C=N–C) groups is 1. The van der Waals surface area contributed by atoms with Crippen LogP contribution < -0.4 is 10.1 Å². The molecule has 3 aromatic rings. The Kier molecular flexibility index (Phi) is 6.82. The molecule has 0 bridgehead atoms. The van der Waals surface area contributed by atoms with Gasteiger partial charge in [-0.05, 0) is 42.5 Å². The van der Waals surface area contributed by atoms with Gasteiger partial charge in [-0.1, -0.05) is 30.0 Å². The van der Waals surface area contributed by atoms with Crippen LogP contribution in [0.3, 0.4) is 0 Å². The second-order valence-electron chi connectivity index (χ2n) is 7.10. The minimum atomic E-state index is -4.74. The van der Waals surface area contributed by atoms with Gasteiger partial charge in [-0.3, -0.25) is 4.79 Å². The summed E-state index contributed by atoms with van der Waals surface area (Å²) in [6.07, 6.45) is 2.22. The van der Waals surface area contributed by atoms with Crippen LogP contribution in [0.1, 0.15) is 6.42 Å². The number of aromatic nitrogens is 2. The number of benzene rings is 2. The lowest BCUT2D eigenvalue weighted by atomic mass is 10.1. The van der Waals surface area contributed by atoms with Crippen molar-refractivity contribution in [2.24, 2.45) is 4.99 Å². The van der Waals surface area contributed by atoms with E-state index >= 15 is 0 Å². The summed E-state index contributed by atoms with van der Waals surface area (Å²) < 4.78 is 42.5. The molecule has 0 unspecified atom stereocenters. The molecule has 0 spiro atoms. The number of nitrogens with zero attached hydrogens (tertiary/aromatic N) is 3. The Balaban J connectivity index is 1.40. The summed E-state index contributed by atoms with van der Waals surface area (Å²) in [5.41, 5.74) is 2.57. The summed E-state index contributed by atoms with van der Waals surface area (Å²) in [6, 6.07) is 11.8. The van der Waals surface area contributed by atoms with Crippen molar-refractivity contribution in [3.05, 3.63) is 73.2 Å². The average Bonchev–Trinajstić information content (AvgIpc) is 3.18. The van der Waals surface area contributed by atoms with Gasteiger partial charge in [0.2, 0.25) is 0 Å². The van der Waals surface area contributed by atoms with E-state index in [2.05, 4.69) is 20.0 Å². The lowest BCUT2D eigenvalue weighted by Gasteiger charge is -2.09. The molecule has 1 aliphatic heterocycles. The fraction of sp³-hybridized carbons (Fsp3) is 0.130. The SMILES string of the molecule is O=C1CC=C/C(=N/C(=O)Nc2ccc(-c3cn(-c4ccc(OC(F)(F)F)cc4)cn3)cc2)SC1. The van der Waals surface area contributed by atoms with Crippen molar-refractivity contribution < 1.29 is 27.5 Å². The summed E-state index contributed by atoms with van der Waals surface area (Å²) >= 11 is 1.22. The zero-order valence-electron chi connectivity index (χ0n) is 17.5. The lowest BCUT2D eigenvalue weighted by molar-refractivity contribution is -0.274. The standard InChI is InChI=1S/C23H17F3N4O3S/c24-23(25,26)33-19-10-8-17(9-11-19)30-12-20(27-14-30)15-4-6-16(7-5-15)28-22(32)29-21-3-1-2-18(31)13-34-21/h1,3-12,14H,2,13H2,(H,28,32)/b29-21-. The maximum absolute atomic E-state index is 12.3. The van der Waals surface area contributed by atoms with Gasteiger partial charge in [-0.2, -0.15) is 4.99 Å². The fourth-order valence-corrected chi connectivity index (χ4v) is 3.80. The molecule has 2 aromatic carbocycles. The van der Waals surface area contributed by atoms with E-state index in [1.54, 1.807) is 53.5 Å². The number of ether oxygens (including phenoxy) is 1. The smallest absolute Gasteiger partial charge is 0.406 e. The van der Waals surface area contributed by atoms with Gasteiger partial charge in [0.1, 0.15) is 16.6 Å². The summed E-state index contributed by atoms with van der Waals surface area (Å²) in [5, 5.41) is 3.15. The third kappa shape index (κ3) is 6.35. The zero-order valence-corrected chi connectivity index (χ0v) is 18.3. The number of halogens is 3. The quantitative estimate of drug-likeness (QED) is 0.517. The maximum atomic E-state index is 12.3. The number of hydrogen-bond acceptors (Lipinski definition) is 5. The number of ketones is 1. The van der Waals surface area contributed by atoms with E-state index in [0.29, 0.717) is 28.5 Å². The number of amides is 2. The predicted molar refractivity (Wildman–Crippen MR) is 123 cm³/mol. The first-order valence-electron chi connectivity index (χ1n) is 9.96. The average molecular weight is 486 g/mol. The highest BCUT2D eigenvalue weighted by Gasteiger charge is 2.31. The van der Waals surface area contributed by atoms with E-state index in [0.717, 1.165) is 5.56 Å². The third-order valence-electron chi connectivity index (χ3n) is 4.58. The molecule has 1 aliphatic rings. The highest BCUT2D eigenvalue weighted by atomic mass is 32.2. The molecular weight excluding hydrogens is 469 g/mol. The van der Waals surface area contributed by atoms with Crippen molar-refractivity contribution in [3.8, 4) is 22.7 Å². The number of thioether (sulfide) groups is 1. The van der Waals surface area contributed by atoms with Crippen LogP contribution >= 0.6 is 11.8 Å². The Morgan fingerprint density at radius 1 is 1.12 bits per heavy atom. The maximum Gasteiger partial charge on any atom is 0.573 e. The van der Waals surface area contributed by atoms with E-state index in [1.165, 1.54) is 36.0 Å². The number of carbonyl (C=O) groups is 2. The van der Waals surface area contributed by atoms with E-state index in [-0.39, 0.29) is 17.3 Å². The largest absolute Gasteiger partial charge is 0.573 e. The van der Waals surface area contributed by atoms with Gasteiger partial charge >= 0.3 is 12.4 Å². The van der Waals surface area contributed by atoms with E-state index in [9.17, 15) is 22.8 Å². The Labute approximate surface area is 196 Å². The minimum absolute atomic E-state index is 0.0809. The Bertz CT molecular complexity index is 1250. The molecule has 0 saturated heterocycles. The number of anilines is 1. The topological polar surface area (TPSA) is 85.6 Å². The number of rotatable bonds is 4. The number of alkyl halides is 3. The molecule has 0 aliphatic carbocycles. The third-order valence-corrected chi connectivity index (χ3v) is 5.57. The summed E-state index contributed by atoms with van der Waals surface area (Å²) in [4.78, 5) is 31.9. The van der Waals surface area contributed by atoms with Crippen LogP contribution in [0.15, 0.2) is 78.2 Å². The molecule has 11 heteroatoms. The van der Waals surface area contributed by atoms with Crippen molar-refractivity contribution in [1.82, 2.24) is 9.55 Å². The van der Waals surface area contributed by atoms with Gasteiger partial charge in [0, 0.05) is 29.6 Å². The highest BCUT2D eigenvalue weighted by molar-refractivity contribution is 8.14. The molecule has 0 saturated carbocycles. The second-order valence-corrected chi connectivity index (χ2v) is 8.09. The first kappa shape index (κ1) is 23.3. The molecule has 1 aromatic heterocycles. The Morgan fingerprint density at radius 2 is 1.85 bits per heavy atom. The first-order valence-corrected chi connectivity index (χ1v) is 10.9. The molecule has 174 valence electrons. The number of carbonyl (C=O) groups excluding carboxylic acids is 2. The monoisotopic (exact) mass is 486 g/mol. The summed E-state index contributed by atoms with van der Waals surface area (Å²) in [7, 11) is 0. The molecular formula is C23H17F3N4O3S. The van der Waals surface area contributed by atoms with Crippen LogP contribution in [0.25, 0.3) is 16.9 Å². The normalized spacial score (nSPS) is 15.3.